The summed E-state index contributed by atoms with van der Waals surface area (Å²) < 4.78 is 0. The highest BCUT2D eigenvalue weighted by atomic mass is 16.2. The molecule has 0 spiro atoms. The van der Waals surface area contributed by atoms with E-state index in [2.05, 4.69) is 24.1 Å². The van der Waals surface area contributed by atoms with E-state index in [9.17, 15) is 9.59 Å². The van der Waals surface area contributed by atoms with E-state index < -0.39 is 0 Å². The van der Waals surface area contributed by atoms with Crippen LogP contribution in [0.5, 0.6) is 0 Å². The highest BCUT2D eigenvalue weighted by molar-refractivity contribution is 5.97. The minimum Gasteiger partial charge on any atom is -0.352 e. The van der Waals surface area contributed by atoms with Crippen LogP contribution in [-0.2, 0) is 4.79 Å². The molecule has 0 unspecified atom stereocenters. The van der Waals surface area contributed by atoms with Crippen LogP contribution < -0.4 is 10.2 Å². The first kappa shape index (κ1) is 18.9. The third kappa shape index (κ3) is 4.44. The van der Waals surface area contributed by atoms with Crippen LogP contribution in [0.1, 0.15) is 62.7 Å². The van der Waals surface area contributed by atoms with Crippen molar-refractivity contribution in [2.45, 2.75) is 64.5 Å². The summed E-state index contributed by atoms with van der Waals surface area (Å²) in [5.41, 5.74) is 1.54. The van der Waals surface area contributed by atoms with E-state index in [0.29, 0.717) is 30.6 Å². The standard InChI is InChI=1S/C21H31N3O2/c1-16-6-3-7-17(2)23(16)15-5-13-22-21(26)18-9-11-19(12-10-18)24-14-4-8-20(24)25/h9-12,16-17H,3-8,13-15H2,1-2H3,(H,22,26)/t16-,17-/m1/s1. The van der Waals surface area contributed by atoms with Crippen LogP contribution in [-0.4, -0.2) is 48.4 Å². The van der Waals surface area contributed by atoms with E-state index in [1.807, 2.05) is 24.3 Å². The van der Waals surface area contributed by atoms with Gasteiger partial charge in [-0.25, -0.2) is 0 Å². The fourth-order valence-corrected chi connectivity index (χ4v) is 4.20. The smallest absolute Gasteiger partial charge is 0.251 e. The first-order valence-corrected chi connectivity index (χ1v) is 10.0. The Kier molecular flexibility index (Phi) is 6.30. The van der Waals surface area contributed by atoms with E-state index in [1.165, 1.54) is 19.3 Å². The Bertz CT molecular complexity index is 619. The van der Waals surface area contributed by atoms with Crippen molar-refractivity contribution in [1.29, 1.82) is 0 Å². The molecule has 2 aliphatic heterocycles. The van der Waals surface area contributed by atoms with Gasteiger partial charge in [0.2, 0.25) is 5.91 Å². The zero-order chi connectivity index (χ0) is 18.5. The number of benzene rings is 1. The van der Waals surface area contributed by atoms with Crippen molar-refractivity contribution >= 4 is 17.5 Å². The van der Waals surface area contributed by atoms with Crippen molar-refractivity contribution in [2.24, 2.45) is 0 Å². The van der Waals surface area contributed by atoms with Gasteiger partial charge in [-0.3, -0.25) is 14.5 Å². The molecule has 3 rings (SSSR count). The molecule has 0 radical (unpaired) electrons. The second kappa shape index (κ2) is 8.67. The molecule has 26 heavy (non-hydrogen) atoms. The highest BCUT2D eigenvalue weighted by Gasteiger charge is 2.24. The molecule has 1 N–H and O–H groups in total. The van der Waals surface area contributed by atoms with Crippen molar-refractivity contribution < 1.29 is 9.59 Å². The van der Waals surface area contributed by atoms with Crippen LogP contribution in [0.4, 0.5) is 5.69 Å². The Labute approximate surface area is 156 Å². The topological polar surface area (TPSA) is 52.7 Å². The van der Waals surface area contributed by atoms with Gasteiger partial charge in [0.15, 0.2) is 0 Å². The van der Waals surface area contributed by atoms with Gasteiger partial charge < -0.3 is 10.2 Å². The number of anilines is 1. The zero-order valence-corrected chi connectivity index (χ0v) is 16.0. The SMILES string of the molecule is C[C@@H]1CCC[C@@H](C)N1CCCNC(=O)c1ccc(N2CCCC2=O)cc1. The fourth-order valence-electron chi connectivity index (χ4n) is 4.20. The molecule has 1 aromatic carbocycles. The van der Waals surface area contributed by atoms with E-state index in [1.54, 1.807) is 4.90 Å². The Morgan fingerprint density at radius 1 is 1.12 bits per heavy atom. The molecule has 2 saturated heterocycles. The number of hydrogen-bond donors (Lipinski definition) is 1. The number of nitrogens with one attached hydrogen (secondary N) is 1. The summed E-state index contributed by atoms with van der Waals surface area (Å²) in [5.74, 6) is 0.132. The quantitative estimate of drug-likeness (QED) is 0.796. The second-order valence-corrected chi connectivity index (χ2v) is 7.67. The van der Waals surface area contributed by atoms with Crippen LogP contribution in [0.15, 0.2) is 24.3 Å². The van der Waals surface area contributed by atoms with Gasteiger partial charge in [0.25, 0.3) is 5.91 Å². The lowest BCUT2D eigenvalue weighted by atomic mass is 9.97. The first-order chi connectivity index (χ1) is 12.6. The lowest BCUT2D eigenvalue weighted by Crippen LogP contribution is -2.44. The minimum atomic E-state index is -0.0379. The number of carbonyl (C=O) groups excluding carboxylic acids is 2. The molecule has 2 fully saturated rings. The number of nitrogens with zero attached hydrogens (tertiary/aromatic N) is 2. The molecule has 5 heteroatoms. The van der Waals surface area contributed by atoms with Crippen LogP contribution in [0, 0.1) is 0 Å². The van der Waals surface area contributed by atoms with Gasteiger partial charge in [0.05, 0.1) is 0 Å². The number of likely N-dealkylation sites (tertiary alicyclic amines) is 1. The number of hydrogen-bond acceptors (Lipinski definition) is 3. The second-order valence-electron chi connectivity index (χ2n) is 7.67. The molecule has 2 amide bonds. The van der Waals surface area contributed by atoms with Gasteiger partial charge in [-0.05, 0) is 63.8 Å². The van der Waals surface area contributed by atoms with Crippen molar-refractivity contribution in [3.63, 3.8) is 0 Å². The molecule has 142 valence electrons. The lowest BCUT2D eigenvalue weighted by Gasteiger charge is -2.39. The van der Waals surface area contributed by atoms with Gasteiger partial charge in [0, 0.05) is 49.4 Å². The van der Waals surface area contributed by atoms with Gasteiger partial charge in [0.1, 0.15) is 0 Å². The Morgan fingerprint density at radius 2 is 1.81 bits per heavy atom. The Balaban J connectivity index is 1.44. The summed E-state index contributed by atoms with van der Waals surface area (Å²) in [6.45, 7) is 7.12. The lowest BCUT2D eigenvalue weighted by molar-refractivity contribution is -0.117. The molecule has 0 saturated carbocycles. The largest absolute Gasteiger partial charge is 0.352 e. The van der Waals surface area contributed by atoms with Gasteiger partial charge in [-0.2, -0.15) is 0 Å². The number of piperidine rings is 1. The van der Waals surface area contributed by atoms with Crippen LogP contribution >= 0.6 is 0 Å². The van der Waals surface area contributed by atoms with Crippen LogP contribution in [0.3, 0.4) is 0 Å². The molecule has 0 bridgehead atoms. The third-order valence-electron chi connectivity index (χ3n) is 5.77. The predicted molar refractivity (Wildman–Crippen MR) is 104 cm³/mol. The minimum absolute atomic E-state index is 0.0379. The van der Waals surface area contributed by atoms with Gasteiger partial charge in [-0.1, -0.05) is 6.42 Å². The number of carbonyl (C=O) groups is 2. The van der Waals surface area contributed by atoms with Crippen molar-refractivity contribution in [1.82, 2.24) is 10.2 Å². The Morgan fingerprint density at radius 3 is 2.42 bits per heavy atom. The van der Waals surface area contributed by atoms with Crippen molar-refractivity contribution in [3.05, 3.63) is 29.8 Å². The number of amides is 2. The molecule has 2 aliphatic rings. The van der Waals surface area contributed by atoms with E-state index in [-0.39, 0.29) is 11.8 Å². The zero-order valence-electron chi connectivity index (χ0n) is 16.0. The average molecular weight is 357 g/mol. The van der Waals surface area contributed by atoms with Crippen LogP contribution in [0.25, 0.3) is 0 Å². The summed E-state index contributed by atoms with van der Waals surface area (Å²) >= 11 is 0. The maximum atomic E-state index is 12.3. The first-order valence-electron chi connectivity index (χ1n) is 10.0. The normalized spacial score (nSPS) is 24.1. The Hall–Kier alpha value is -1.88. The summed E-state index contributed by atoms with van der Waals surface area (Å²) in [7, 11) is 0. The summed E-state index contributed by atoms with van der Waals surface area (Å²) in [4.78, 5) is 28.5. The number of rotatable bonds is 6. The molecular formula is C21H31N3O2. The average Bonchev–Trinajstić information content (AvgIpc) is 3.06. The molecular weight excluding hydrogens is 326 g/mol. The molecule has 0 aliphatic carbocycles. The monoisotopic (exact) mass is 357 g/mol. The molecule has 1 aromatic rings. The third-order valence-corrected chi connectivity index (χ3v) is 5.77. The molecule has 2 atom stereocenters. The maximum absolute atomic E-state index is 12.3. The summed E-state index contributed by atoms with van der Waals surface area (Å²) in [5, 5.41) is 3.02. The van der Waals surface area contributed by atoms with Gasteiger partial charge >= 0.3 is 0 Å². The molecule has 0 aromatic heterocycles. The van der Waals surface area contributed by atoms with E-state index >= 15 is 0 Å². The maximum Gasteiger partial charge on any atom is 0.251 e. The van der Waals surface area contributed by atoms with Gasteiger partial charge in [-0.15, -0.1) is 0 Å². The van der Waals surface area contributed by atoms with E-state index in [4.69, 9.17) is 0 Å². The predicted octanol–water partition coefficient (Wildman–Crippen LogP) is 3.20. The summed E-state index contributed by atoms with van der Waals surface area (Å²) in [6, 6.07) is 8.66. The van der Waals surface area contributed by atoms with Crippen LogP contribution in [0.2, 0.25) is 0 Å². The fraction of sp³-hybridized carbons (Fsp3) is 0.619. The highest BCUT2D eigenvalue weighted by Crippen LogP contribution is 2.23. The molecule has 5 nitrogen and oxygen atoms in total. The molecule has 2 heterocycles. The van der Waals surface area contributed by atoms with Crippen molar-refractivity contribution in [2.75, 3.05) is 24.5 Å². The summed E-state index contributed by atoms with van der Waals surface area (Å²) in [6.07, 6.45) is 6.40. The van der Waals surface area contributed by atoms with Crippen molar-refractivity contribution in [3.8, 4) is 0 Å². The van der Waals surface area contributed by atoms with E-state index in [0.717, 1.165) is 31.6 Å².